The molecule has 0 aliphatic heterocycles. The average molecular weight is 267 g/mol. The molecule has 2 aliphatic rings. The van der Waals surface area contributed by atoms with E-state index >= 15 is 0 Å². The Morgan fingerprint density at radius 2 is 1.74 bits per heavy atom. The molecule has 0 aromatic carbocycles. The Labute approximate surface area is 119 Å². The molecule has 4 unspecified atom stereocenters. The van der Waals surface area contributed by atoms with Crippen molar-refractivity contribution in [2.24, 2.45) is 17.8 Å². The van der Waals surface area contributed by atoms with Gasteiger partial charge in [0.2, 0.25) is 0 Å². The van der Waals surface area contributed by atoms with E-state index in [1.54, 1.807) is 0 Å². The molecule has 4 atom stereocenters. The number of aliphatic hydroxyl groups excluding tert-OH is 1. The number of hydrogen-bond donors (Lipinski definition) is 1. The van der Waals surface area contributed by atoms with Crippen molar-refractivity contribution in [2.45, 2.75) is 77.9 Å². The van der Waals surface area contributed by atoms with Gasteiger partial charge in [0.15, 0.2) is 0 Å². The van der Waals surface area contributed by atoms with Crippen LogP contribution in [0.15, 0.2) is 0 Å². The van der Waals surface area contributed by atoms with Gasteiger partial charge in [0.05, 0.1) is 6.10 Å². The van der Waals surface area contributed by atoms with Crippen LogP contribution in [-0.2, 0) is 0 Å². The zero-order valence-corrected chi connectivity index (χ0v) is 13.1. The van der Waals surface area contributed by atoms with E-state index in [2.05, 4.69) is 25.7 Å². The Kier molecular flexibility index (Phi) is 5.70. The second-order valence-electron chi connectivity index (χ2n) is 7.16. The van der Waals surface area contributed by atoms with Crippen LogP contribution in [-0.4, -0.2) is 35.2 Å². The predicted molar refractivity (Wildman–Crippen MR) is 81.2 cm³/mol. The van der Waals surface area contributed by atoms with Crippen LogP contribution in [0.5, 0.6) is 0 Å². The minimum atomic E-state index is -0.0728. The second-order valence-corrected chi connectivity index (χ2v) is 7.16. The number of rotatable bonds is 4. The molecule has 0 amide bonds. The highest BCUT2D eigenvalue weighted by Gasteiger charge is 2.34. The second kappa shape index (κ2) is 7.08. The summed E-state index contributed by atoms with van der Waals surface area (Å²) < 4.78 is 0. The smallest absolute Gasteiger partial charge is 0.0585 e. The first-order chi connectivity index (χ1) is 9.11. The largest absolute Gasteiger partial charge is 0.393 e. The maximum absolute atomic E-state index is 10.4. The SMILES string of the molecule is CCN(CC1C(C)CC(C)CC1O)C1CCCCC1. The molecule has 0 aromatic heterocycles. The van der Waals surface area contributed by atoms with Gasteiger partial charge in [-0.3, -0.25) is 0 Å². The summed E-state index contributed by atoms with van der Waals surface area (Å²) in [5.41, 5.74) is 0. The van der Waals surface area contributed by atoms with Crippen LogP contribution < -0.4 is 0 Å². The molecule has 0 radical (unpaired) electrons. The highest BCUT2D eigenvalue weighted by Crippen LogP contribution is 2.35. The topological polar surface area (TPSA) is 23.5 Å². The van der Waals surface area contributed by atoms with Crippen LogP contribution in [0.25, 0.3) is 0 Å². The zero-order chi connectivity index (χ0) is 13.8. The van der Waals surface area contributed by atoms with E-state index in [0.717, 1.165) is 25.6 Å². The third kappa shape index (κ3) is 3.95. The van der Waals surface area contributed by atoms with Gasteiger partial charge >= 0.3 is 0 Å². The first-order valence-corrected chi connectivity index (χ1v) is 8.54. The van der Waals surface area contributed by atoms with Crippen LogP contribution in [0.1, 0.15) is 65.7 Å². The summed E-state index contributed by atoms with van der Waals surface area (Å²) in [6, 6.07) is 0.789. The fourth-order valence-corrected chi connectivity index (χ4v) is 4.43. The van der Waals surface area contributed by atoms with E-state index in [0.29, 0.717) is 17.8 Å². The standard InChI is InChI=1S/C17H33NO/c1-4-18(15-8-6-5-7-9-15)12-16-14(3)10-13(2)11-17(16)19/h13-17,19H,4-12H2,1-3H3. The molecule has 1 N–H and O–H groups in total. The van der Waals surface area contributed by atoms with Crippen molar-refractivity contribution >= 4 is 0 Å². The van der Waals surface area contributed by atoms with Gasteiger partial charge in [-0.15, -0.1) is 0 Å². The molecular weight excluding hydrogens is 234 g/mol. The maximum atomic E-state index is 10.4. The van der Waals surface area contributed by atoms with Gasteiger partial charge in [0.25, 0.3) is 0 Å². The van der Waals surface area contributed by atoms with Gasteiger partial charge in [-0.2, -0.15) is 0 Å². The lowest BCUT2D eigenvalue weighted by molar-refractivity contribution is -0.0111. The summed E-state index contributed by atoms with van der Waals surface area (Å²) in [6.07, 6.45) is 9.22. The average Bonchev–Trinajstić information content (AvgIpc) is 2.39. The van der Waals surface area contributed by atoms with Crippen LogP contribution in [0.3, 0.4) is 0 Å². The number of aliphatic hydroxyl groups is 1. The molecule has 0 aromatic rings. The maximum Gasteiger partial charge on any atom is 0.0585 e. The summed E-state index contributed by atoms with van der Waals surface area (Å²) in [4.78, 5) is 2.67. The molecule has 0 saturated heterocycles. The van der Waals surface area contributed by atoms with Crippen molar-refractivity contribution in [1.29, 1.82) is 0 Å². The van der Waals surface area contributed by atoms with Crippen molar-refractivity contribution < 1.29 is 5.11 Å². The van der Waals surface area contributed by atoms with Crippen LogP contribution in [0.2, 0.25) is 0 Å². The molecular formula is C17H33NO. The van der Waals surface area contributed by atoms with E-state index in [9.17, 15) is 5.11 Å². The summed E-state index contributed by atoms with van der Waals surface area (Å²) in [7, 11) is 0. The number of hydrogen-bond acceptors (Lipinski definition) is 2. The summed E-state index contributed by atoms with van der Waals surface area (Å²) in [5.74, 6) is 1.88. The molecule has 0 bridgehead atoms. The van der Waals surface area contributed by atoms with Crippen LogP contribution in [0.4, 0.5) is 0 Å². The van der Waals surface area contributed by atoms with Gasteiger partial charge in [-0.05, 0) is 44.1 Å². The predicted octanol–water partition coefficient (Wildman–Crippen LogP) is 3.68. The molecule has 2 aliphatic carbocycles. The summed E-state index contributed by atoms with van der Waals surface area (Å²) in [5, 5.41) is 10.4. The molecule has 2 rings (SSSR count). The van der Waals surface area contributed by atoms with Crippen LogP contribution >= 0.6 is 0 Å². The molecule has 2 fully saturated rings. The van der Waals surface area contributed by atoms with Gasteiger partial charge < -0.3 is 10.0 Å². The third-order valence-electron chi connectivity index (χ3n) is 5.59. The Morgan fingerprint density at radius 1 is 1.05 bits per heavy atom. The summed E-state index contributed by atoms with van der Waals surface area (Å²) >= 11 is 0. The lowest BCUT2D eigenvalue weighted by Gasteiger charge is -2.42. The Balaban J connectivity index is 1.92. The normalized spacial score (nSPS) is 37.7. The van der Waals surface area contributed by atoms with Gasteiger partial charge in [0, 0.05) is 18.5 Å². The first-order valence-electron chi connectivity index (χ1n) is 8.54. The molecule has 2 nitrogen and oxygen atoms in total. The van der Waals surface area contributed by atoms with E-state index in [1.807, 2.05) is 0 Å². The van der Waals surface area contributed by atoms with Crippen molar-refractivity contribution in [1.82, 2.24) is 4.90 Å². The molecule has 0 spiro atoms. The minimum absolute atomic E-state index is 0.0728. The quantitative estimate of drug-likeness (QED) is 0.840. The van der Waals surface area contributed by atoms with Crippen molar-refractivity contribution in [3.8, 4) is 0 Å². The van der Waals surface area contributed by atoms with E-state index < -0.39 is 0 Å². The van der Waals surface area contributed by atoms with Crippen molar-refractivity contribution in [3.05, 3.63) is 0 Å². The van der Waals surface area contributed by atoms with E-state index in [-0.39, 0.29) is 6.10 Å². The third-order valence-corrected chi connectivity index (χ3v) is 5.59. The van der Waals surface area contributed by atoms with Crippen molar-refractivity contribution in [2.75, 3.05) is 13.1 Å². The van der Waals surface area contributed by atoms with Crippen LogP contribution in [0, 0.1) is 17.8 Å². The Hall–Kier alpha value is -0.0800. The molecule has 2 heteroatoms. The monoisotopic (exact) mass is 267 g/mol. The van der Waals surface area contributed by atoms with Gasteiger partial charge in [-0.1, -0.05) is 40.0 Å². The van der Waals surface area contributed by atoms with E-state index in [4.69, 9.17) is 0 Å². The highest BCUT2D eigenvalue weighted by molar-refractivity contribution is 4.86. The molecule has 19 heavy (non-hydrogen) atoms. The van der Waals surface area contributed by atoms with Gasteiger partial charge in [0.1, 0.15) is 0 Å². The molecule has 0 heterocycles. The zero-order valence-electron chi connectivity index (χ0n) is 13.1. The fourth-order valence-electron chi connectivity index (χ4n) is 4.43. The van der Waals surface area contributed by atoms with Gasteiger partial charge in [-0.25, -0.2) is 0 Å². The van der Waals surface area contributed by atoms with E-state index in [1.165, 1.54) is 38.5 Å². The Bertz CT molecular complexity index is 250. The summed E-state index contributed by atoms with van der Waals surface area (Å²) in [6.45, 7) is 9.19. The number of nitrogens with zero attached hydrogens (tertiary/aromatic N) is 1. The molecule has 2 saturated carbocycles. The lowest BCUT2D eigenvalue weighted by Crippen LogP contribution is -2.46. The lowest BCUT2D eigenvalue weighted by atomic mass is 9.73. The minimum Gasteiger partial charge on any atom is -0.393 e. The highest BCUT2D eigenvalue weighted by atomic mass is 16.3. The molecule has 112 valence electrons. The Morgan fingerprint density at radius 3 is 2.32 bits per heavy atom. The fraction of sp³-hybridized carbons (Fsp3) is 1.00. The first kappa shape index (κ1) is 15.3. The van der Waals surface area contributed by atoms with Crippen molar-refractivity contribution in [3.63, 3.8) is 0 Å².